The first-order valence-corrected chi connectivity index (χ1v) is 10.8. The van der Waals surface area contributed by atoms with E-state index in [1.807, 2.05) is 47.8 Å². The van der Waals surface area contributed by atoms with Crippen molar-refractivity contribution in [3.8, 4) is 11.3 Å². The predicted octanol–water partition coefficient (Wildman–Crippen LogP) is 3.69. The normalized spacial score (nSPS) is 19.4. The van der Waals surface area contributed by atoms with Crippen LogP contribution < -0.4 is 0 Å². The van der Waals surface area contributed by atoms with Crippen molar-refractivity contribution in [1.82, 2.24) is 14.5 Å². The minimum absolute atomic E-state index is 0.131. The van der Waals surface area contributed by atoms with Crippen molar-refractivity contribution >= 4 is 5.91 Å². The number of aliphatic hydroxyl groups is 1. The van der Waals surface area contributed by atoms with Crippen LogP contribution in [0.2, 0.25) is 0 Å². The highest BCUT2D eigenvalue weighted by atomic mass is 16.3. The number of hydrogen-bond acceptors (Lipinski definition) is 3. The standard InChI is InChI=1S/C25H27N3O2/c29-24(15-22-20-8-4-5-9-21(20)23-16-26-17-28(22)23)19-10-12-27(13-11-19)25(30)14-18-6-2-1-3-7-18/h1-9,16-17,19,22,24,29H,10-15H2/t22-,24?/m1/s1. The Kier molecular flexibility index (Phi) is 5.13. The van der Waals surface area contributed by atoms with Gasteiger partial charge >= 0.3 is 0 Å². The lowest BCUT2D eigenvalue weighted by Gasteiger charge is -2.35. The van der Waals surface area contributed by atoms with Crippen molar-refractivity contribution in [2.75, 3.05) is 13.1 Å². The summed E-state index contributed by atoms with van der Waals surface area (Å²) in [5, 5.41) is 11.0. The molecule has 1 amide bonds. The van der Waals surface area contributed by atoms with E-state index in [0.717, 1.165) is 37.2 Å². The molecule has 0 aliphatic carbocycles. The first-order chi connectivity index (χ1) is 14.7. The maximum Gasteiger partial charge on any atom is 0.226 e. The number of imidazole rings is 1. The van der Waals surface area contributed by atoms with Crippen molar-refractivity contribution in [2.24, 2.45) is 5.92 Å². The van der Waals surface area contributed by atoms with E-state index in [2.05, 4.69) is 33.8 Å². The zero-order valence-electron chi connectivity index (χ0n) is 17.0. The summed E-state index contributed by atoms with van der Waals surface area (Å²) in [6.45, 7) is 1.45. The summed E-state index contributed by atoms with van der Waals surface area (Å²) in [4.78, 5) is 18.9. The minimum atomic E-state index is -0.386. The third-order valence-corrected chi connectivity index (χ3v) is 6.70. The lowest BCUT2D eigenvalue weighted by atomic mass is 9.86. The van der Waals surface area contributed by atoms with Gasteiger partial charge in [0.05, 0.1) is 36.8 Å². The number of aliphatic hydroxyl groups excluding tert-OH is 1. The van der Waals surface area contributed by atoms with E-state index in [9.17, 15) is 9.90 Å². The molecule has 2 aliphatic heterocycles. The van der Waals surface area contributed by atoms with Gasteiger partial charge in [-0.25, -0.2) is 4.98 Å². The van der Waals surface area contributed by atoms with Crippen LogP contribution in [0.15, 0.2) is 67.1 Å². The summed E-state index contributed by atoms with van der Waals surface area (Å²) in [6, 6.07) is 18.4. The van der Waals surface area contributed by atoms with E-state index in [1.54, 1.807) is 0 Å². The molecule has 0 radical (unpaired) electrons. The van der Waals surface area contributed by atoms with Crippen molar-refractivity contribution in [2.45, 2.75) is 37.8 Å². The van der Waals surface area contributed by atoms with Gasteiger partial charge in [-0.3, -0.25) is 4.79 Å². The molecule has 3 heterocycles. The highest BCUT2D eigenvalue weighted by Gasteiger charge is 2.33. The van der Waals surface area contributed by atoms with E-state index < -0.39 is 0 Å². The summed E-state index contributed by atoms with van der Waals surface area (Å²) in [5.74, 6) is 0.410. The molecule has 5 heteroatoms. The van der Waals surface area contributed by atoms with Crippen LogP contribution in [0.3, 0.4) is 0 Å². The average molecular weight is 402 g/mol. The summed E-state index contributed by atoms with van der Waals surface area (Å²) in [6.07, 6.45) is 6.24. The molecule has 1 saturated heterocycles. The number of hydrogen-bond donors (Lipinski definition) is 1. The number of carbonyl (C=O) groups is 1. The van der Waals surface area contributed by atoms with Gasteiger partial charge < -0.3 is 14.6 Å². The van der Waals surface area contributed by atoms with Gasteiger partial charge in [-0.1, -0.05) is 54.6 Å². The van der Waals surface area contributed by atoms with Gasteiger partial charge in [-0.15, -0.1) is 0 Å². The number of likely N-dealkylation sites (tertiary alicyclic amines) is 1. The first-order valence-electron chi connectivity index (χ1n) is 10.8. The topological polar surface area (TPSA) is 58.4 Å². The van der Waals surface area contributed by atoms with E-state index in [4.69, 9.17) is 0 Å². The third-order valence-electron chi connectivity index (χ3n) is 6.70. The minimum Gasteiger partial charge on any atom is -0.393 e. The van der Waals surface area contributed by atoms with E-state index >= 15 is 0 Å². The molecule has 2 aliphatic rings. The van der Waals surface area contributed by atoms with Gasteiger partial charge in [-0.05, 0) is 36.3 Å². The van der Waals surface area contributed by atoms with Crippen LogP contribution >= 0.6 is 0 Å². The zero-order chi connectivity index (χ0) is 20.5. The summed E-state index contributed by atoms with van der Waals surface area (Å²) >= 11 is 0. The molecule has 1 aromatic heterocycles. The molecule has 5 rings (SSSR count). The van der Waals surface area contributed by atoms with Crippen LogP contribution in [0.5, 0.6) is 0 Å². The van der Waals surface area contributed by atoms with Crippen molar-refractivity contribution in [1.29, 1.82) is 0 Å². The van der Waals surface area contributed by atoms with Crippen LogP contribution in [-0.4, -0.2) is 44.7 Å². The fourth-order valence-corrected chi connectivity index (χ4v) is 5.01. The summed E-state index contributed by atoms with van der Waals surface area (Å²) in [7, 11) is 0. The number of carbonyl (C=O) groups excluding carboxylic acids is 1. The van der Waals surface area contributed by atoms with Gasteiger partial charge in [0.25, 0.3) is 0 Å². The van der Waals surface area contributed by atoms with Crippen molar-refractivity contribution in [3.05, 3.63) is 78.2 Å². The molecule has 3 aromatic rings. The van der Waals surface area contributed by atoms with E-state index in [-0.39, 0.29) is 24.0 Å². The largest absolute Gasteiger partial charge is 0.393 e. The van der Waals surface area contributed by atoms with Crippen LogP contribution in [-0.2, 0) is 11.2 Å². The second kappa shape index (κ2) is 8.07. The molecule has 0 spiro atoms. The number of benzene rings is 2. The average Bonchev–Trinajstić information content (AvgIpc) is 3.37. The van der Waals surface area contributed by atoms with E-state index in [0.29, 0.717) is 12.8 Å². The quantitative estimate of drug-likeness (QED) is 0.709. The second-order valence-electron chi connectivity index (χ2n) is 8.47. The van der Waals surface area contributed by atoms with Crippen LogP contribution in [0.1, 0.15) is 36.4 Å². The highest BCUT2D eigenvalue weighted by molar-refractivity contribution is 5.78. The van der Waals surface area contributed by atoms with Crippen LogP contribution in [0.4, 0.5) is 0 Å². The molecular weight excluding hydrogens is 374 g/mol. The maximum atomic E-state index is 12.6. The smallest absolute Gasteiger partial charge is 0.226 e. The lowest BCUT2D eigenvalue weighted by Crippen LogP contribution is -2.42. The molecule has 1 fully saturated rings. The number of fused-ring (bicyclic) bond motifs is 3. The fraction of sp³-hybridized carbons (Fsp3) is 0.360. The molecule has 1 N–H and O–H groups in total. The monoisotopic (exact) mass is 401 g/mol. The molecule has 5 nitrogen and oxygen atoms in total. The molecule has 0 saturated carbocycles. The lowest BCUT2D eigenvalue weighted by molar-refractivity contribution is -0.132. The Balaban J connectivity index is 1.20. The van der Waals surface area contributed by atoms with Gasteiger partial charge in [0, 0.05) is 18.7 Å². The number of nitrogens with zero attached hydrogens (tertiary/aromatic N) is 3. The molecule has 30 heavy (non-hydrogen) atoms. The highest BCUT2D eigenvalue weighted by Crippen LogP contribution is 2.42. The van der Waals surface area contributed by atoms with Crippen LogP contribution in [0.25, 0.3) is 11.3 Å². The van der Waals surface area contributed by atoms with Gasteiger partial charge in [0.15, 0.2) is 0 Å². The number of piperidine rings is 1. The number of aromatic nitrogens is 2. The predicted molar refractivity (Wildman–Crippen MR) is 116 cm³/mol. The Morgan fingerprint density at radius 1 is 1.07 bits per heavy atom. The van der Waals surface area contributed by atoms with E-state index in [1.165, 1.54) is 11.1 Å². The van der Waals surface area contributed by atoms with Crippen molar-refractivity contribution in [3.63, 3.8) is 0 Å². The second-order valence-corrected chi connectivity index (χ2v) is 8.47. The Hall–Kier alpha value is -2.92. The molecule has 2 atom stereocenters. The molecule has 2 aromatic carbocycles. The zero-order valence-corrected chi connectivity index (χ0v) is 17.0. The van der Waals surface area contributed by atoms with Gasteiger partial charge in [0.1, 0.15) is 0 Å². The van der Waals surface area contributed by atoms with Crippen LogP contribution in [0, 0.1) is 5.92 Å². The maximum absolute atomic E-state index is 12.6. The SMILES string of the molecule is O=C(Cc1ccccc1)N1CCC(C(O)C[C@@H]2c3ccccc3-c3cncn32)CC1. The van der Waals surface area contributed by atoms with Gasteiger partial charge in [-0.2, -0.15) is 0 Å². The fourth-order valence-electron chi connectivity index (χ4n) is 5.01. The number of amides is 1. The molecule has 0 bridgehead atoms. The Labute approximate surface area is 177 Å². The van der Waals surface area contributed by atoms with Crippen molar-refractivity contribution < 1.29 is 9.90 Å². The number of rotatable bonds is 5. The van der Waals surface area contributed by atoms with Gasteiger partial charge in [0.2, 0.25) is 5.91 Å². The summed E-state index contributed by atoms with van der Waals surface area (Å²) < 4.78 is 2.19. The Bertz CT molecular complexity index is 1020. The molecular formula is C25H27N3O2. The molecule has 1 unspecified atom stereocenters. The summed E-state index contributed by atoms with van der Waals surface area (Å²) in [5.41, 5.74) is 4.67. The Morgan fingerprint density at radius 3 is 2.60 bits per heavy atom. The Morgan fingerprint density at radius 2 is 1.80 bits per heavy atom. The first kappa shape index (κ1) is 19.1. The molecule has 154 valence electrons. The third kappa shape index (κ3) is 3.54.